The van der Waals surface area contributed by atoms with Gasteiger partial charge in [-0.25, -0.2) is 4.79 Å². The Balaban J connectivity index is 1.43. The number of rotatable bonds is 2. The van der Waals surface area contributed by atoms with E-state index in [0.717, 1.165) is 30.5 Å². The van der Waals surface area contributed by atoms with E-state index >= 15 is 0 Å². The van der Waals surface area contributed by atoms with Crippen molar-refractivity contribution in [1.82, 2.24) is 20.4 Å². The number of ether oxygens (including phenoxy) is 1. The molecule has 1 aromatic carbocycles. The van der Waals surface area contributed by atoms with Crippen molar-refractivity contribution < 1.29 is 9.53 Å². The molecule has 2 unspecified atom stereocenters. The van der Waals surface area contributed by atoms with Gasteiger partial charge in [0.15, 0.2) is 0 Å². The van der Waals surface area contributed by atoms with Crippen molar-refractivity contribution in [1.29, 1.82) is 0 Å². The number of aryl methyl sites for hydroxylation is 1. The Morgan fingerprint density at radius 3 is 3.24 bits per heavy atom. The smallest absolute Gasteiger partial charge is 0.318 e. The Morgan fingerprint density at radius 1 is 1.44 bits per heavy atom. The highest BCUT2D eigenvalue weighted by molar-refractivity contribution is 6.30. The number of carbonyl (C=O) groups is 1. The molecule has 1 saturated heterocycles. The molecule has 2 amide bonds. The van der Waals surface area contributed by atoms with Gasteiger partial charge in [-0.2, -0.15) is 5.10 Å². The number of aromatic nitrogens is 2. The summed E-state index contributed by atoms with van der Waals surface area (Å²) in [6.45, 7) is 1.63. The summed E-state index contributed by atoms with van der Waals surface area (Å²) < 4.78 is 5.84. The number of carbonyl (C=O) groups excluding carboxylic acids is 1. The number of amides is 2. The van der Waals surface area contributed by atoms with Gasteiger partial charge in [0.2, 0.25) is 0 Å². The van der Waals surface area contributed by atoms with E-state index in [1.165, 1.54) is 5.56 Å². The van der Waals surface area contributed by atoms with Crippen LogP contribution in [0.4, 0.5) is 4.79 Å². The van der Waals surface area contributed by atoms with Crippen LogP contribution in [0, 0.1) is 0 Å². The van der Waals surface area contributed by atoms with Gasteiger partial charge in [0.05, 0.1) is 31.1 Å². The SMILES string of the molecule is O=C(NC1CCCc2cn[nH]c21)N1CCOC(c2cccc(Cl)c2)C1. The normalized spacial score (nSPS) is 23.2. The zero-order valence-corrected chi connectivity index (χ0v) is 14.6. The van der Waals surface area contributed by atoms with Crippen LogP contribution in [-0.4, -0.2) is 40.8 Å². The molecule has 4 rings (SSSR count). The van der Waals surface area contributed by atoms with Crippen LogP contribution in [-0.2, 0) is 11.2 Å². The molecular formula is C18H21ClN4O2. The molecule has 2 aromatic rings. The number of morpholine rings is 1. The van der Waals surface area contributed by atoms with E-state index < -0.39 is 0 Å². The number of nitrogens with zero attached hydrogens (tertiary/aromatic N) is 2. The average Bonchev–Trinajstić information content (AvgIpc) is 3.12. The second kappa shape index (κ2) is 7.06. The summed E-state index contributed by atoms with van der Waals surface area (Å²) in [5.41, 5.74) is 3.24. The van der Waals surface area contributed by atoms with Crippen molar-refractivity contribution in [2.45, 2.75) is 31.4 Å². The maximum absolute atomic E-state index is 12.7. The first-order valence-electron chi connectivity index (χ1n) is 8.65. The van der Waals surface area contributed by atoms with Gasteiger partial charge in [-0.1, -0.05) is 23.7 Å². The van der Waals surface area contributed by atoms with Gasteiger partial charge in [-0.05, 0) is 42.5 Å². The monoisotopic (exact) mass is 360 g/mol. The highest BCUT2D eigenvalue weighted by atomic mass is 35.5. The maximum Gasteiger partial charge on any atom is 0.318 e. The summed E-state index contributed by atoms with van der Waals surface area (Å²) in [5.74, 6) is 0. The van der Waals surface area contributed by atoms with Crippen LogP contribution in [0.3, 0.4) is 0 Å². The van der Waals surface area contributed by atoms with Gasteiger partial charge in [-0.3, -0.25) is 5.10 Å². The maximum atomic E-state index is 12.7. The molecule has 25 heavy (non-hydrogen) atoms. The second-order valence-electron chi connectivity index (χ2n) is 6.56. The minimum atomic E-state index is -0.146. The number of benzene rings is 1. The largest absolute Gasteiger partial charge is 0.370 e. The predicted molar refractivity (Wildman–Crippen MR) is 94.5 cm³/mol. The fourth-order valence-corrected chi connectivity index (χ4v) is 3.79. The molecule has 2 N–H and O–H groups in total. The van der Waals surface area contributed by atoms with Crippen LogP contribution < -0.4 is 5.32 Å². The third kappa shape index (κ3) is 3.50. The Hall–Kier alpha value is -2.05. The molecule has 1 aliphatic heterocycles. The fraction of sp³-hybridized carbons (Fsp3) is 0.444. The first-order valence-corrected chi connectivity index (χ1v) is 9.03. The van der Waals surface area contributed by atoms with Crippen molar-refractivity contribution in [2.24, 2.45) is 0 Å². The molecule has 0 radical (unpaired) electrons. The van der Waals surface area contributed by atoms with Crippen LogP contribution in [0.1, 0.15) is 41.8 Å². The van der Waals surface area contributed by atoms with E-state index in [0.29, 0.717) is 24.7 Å². The number of halogens is 1. The minimum absolute atomic E-state index is 0.00575. The van der Waals surface area contributed by atoms with Gasteiger partial charge in [0.1, 0.15) is 6.10 Å². The van der Waals surface area contributed by atoms with E-state index in [2.05, 4.69) is 15.5 Å². The molecule has 0 bridgehead atoms. The topological polar surface area (TPSA) is 70.2 Å². The number of fused-ring (bicyclic) bond motifs is 1. The number of urea groups is 1. The summed E-state index contributed by atoms with van der Waals surface area (Å²) in [6, 6.07) is 7.57. The standard InChI is InChI=1S/C18H21ClN4O2/c19-14-5-1-3-12(9-14)16-11-23(7-8-25-16)18(24)21-15-6-2-4-13-10-20-22-17(13)15/h1,3,5,9-10,15-16H,2,4,6-8,11H2,(H,20,22)(H,21,24). The predicted octanol–water partition coefficient (Wildman–Crippen LogP) is 3.22. The number of hydrogen-bond acceptors (Lipinski definition) is 3. The first kappa shape index (κ1) is 16.4. The van der Waals surface area contributed by atoms with Gasteiger partial charge < -0.3 is 15.0 Å². The Morgan fingerprint density at radius 2 is 2.36 bits per heavy atom. The molecule has 7 heteroatoms. The van der Waals surface area contributed by atoms with Gasteiger partial charge in [0, 0.05) is 11.6 Å². The molecule has 2 heterocycles. The summed E-state index contributed by atoms with van der Waals surface area (Å²) in [4.78, 5) is 14.6. The van der Waals surface area contributed by atoms with E-state index in [-0.39, 0.29) is 18.2 Å². The van der Waals surface area contributed by atoms with Gasteiger partial charge in [-0.15, -0.1) is 0 Å². The lowest BCUT2D eigenvalue weighted by Crippen LogP contribution is -2.48. The zero-order valence-electron chi connectivity index (χ0n) is 13.9. The number of H-pyrrole nitrogens is 1. The lowest BCUT2D eigenvalue weighted by molar-refractivity contribution is -0.0158. The van der Waals surface area contributed by atoms with Gasteiger partial charge >= 0.3 is 6.03 Å². The Kier molecular flexibility index (Phi) is 4.63. The molecule has 0 spiro atoms. The van der Waals surface area contributed by atoms with E-state index in [1.807, 2.05) is 35.4 Å². The summed E-state index contributed by atoms with van der Waals surface area (Å²) in [6.07, 6.45) is 4.73. The van der Waals surface area contributed by atoms with Crippen molar-refractivity contribution >= 4 is 17.6 Å². The lowest BCUT2D eigenvalue weighted by atomic mass is 9.94. The summed E-state index contributed by atoms with van der Waals surface area (Å²) >= 11 is 6.07. The highest BCUT2D eigenvalue weighted by Gasteiger charge is 2.29. The number of aromatic amines is 1. The van der Waals surface area contributed by atoms with Crippen LogP contribution in [0.25, 0.3) is 0 Å². The number of nitrogens with one attached hydrogen (secondary N) is 2. The first-order chi connectivity index (χ1) is 12.2. The molecular weight excluding hydrogens is 340 g/mol. The molecule has 1 aliphatic carbocycles. The highest BCUT2D eigenvalue weighted by Crippen LogP contribution is 2.29. The van der Waals surface area contributed by atoms with Crippen LogP contribution in [0.2, 0.25) is 5.02 Å². The Labute approximate surface area is 151 Å². The minimum Gasteiger partial charge on any atom is -0.370 e. The molecule has 6 nitrogen and oxygen atoms in total. The van der Waals surface area contributed by atoms with Crippen molar-refractivity contribution in [3.8, 4) is 0 Å². The van der Waals surface area contributed by atoms with E-state index in [1.54, 1.807) is 0 Å². The Bertz CT molecular complexity index is 763. The third-order valence-electron chi connectivity index (χ3n) is 4.91. The molecule has 1 aromatic heterocycles. The van der Waals surface area contributed by atoms with Crippen molar-refractivity contribution in [3.63, 3.8) is 0 Å². The molecule has 2 atom stereocenters. The lowest BCUT2D eigenvalue weighted by Gasteiger charge is -2.34. The zero-order chi connectivity index (χ0) is 17.2. The molecule has 2 aliphatic rings. The molecule has 1 fully saturated rings. The van der Waals surface area contributed by atoms with Crippen molar-refractivity contribution in [3.05, 3.63) is 52.3 Å². The van der Waals surface area contributed by atoms with Crippen LogP contribution in [0.15, 0.2) is 30.5 Å². The quantitative estimate of drug-likeness (QED) is 0.863. The average molecular weight is 361 g/mol. The van der Waals surface area contributed by atoms with E-state index in [9.17, 15) is 4.79 Å². The molecule has 0 saturated carbocycles. The number of hydrogen-bond donors (Lipinski definition) is 2. The summed E-state index contributed by atoms with van der Waals surface area (Å²) in [7, 11) is 0. The second-order valence-corrected chi connectivity index (χ2v) is 7.00. The van der Waals surface area contributed by atoms with Crippen LogP contribution >= 0.6 is 11.6 Å². The van der Waals surface area contributed by atoms with E-state index in [4.69, 9.17) is 16.3 Å². The van der Waals surface area contributed by atoms with Gasteiger partial charge in [0.25, 0.3) is 0 Å². The van der Waals surface area contributed by atoms with Crippen molar-refractivity contribution in [2.75, 3.05) is 19.7 Å². The third-order valence-corrected chi connectivity index (χ3v) is 5.15. The van der Waals surface area contributed by atoms with Crippen LogP contribution in [0.5, 0.6) is 0 Å². The molecule has 132 valence electrons. The summed E-state index contributed by atoms with van der Waals surface area (Å²) in [5, 5.41) is 11.0. The fourth-order valence-electron chi connectivity index (χ4n) is 3.59.